The van der Waals surface area contributed by atoms with Crippen molar-refractivity contribution in [2.75, 3.05) is 24.7 Å². The minimum atomic E-state index is -0.467. The van der Waals surface area contributed by atoms with Crippen molar-refractivity contribution in [2.24, 2.45) is 0 Å². The topological polar surface area (TPSA) is 74.6 Å². The summed E-state index contributed by atoms with van der Waals surface area (Å²) < 4.78 is 15.3. The van der Waals surface area contributed by atoms with Crippen LogP contribution in [0.3, 0.4) is 0 Å². The Hall–Kier alpha value is -2.95. The van der Waals surface area contributed by atoms with Crippen molar-refractivity contribution >= 4 is 35.2 Å². The Morgan fingerprint density at radius 2 is 1.77 bits per heavy atom. The number of benzene rings is 2. The van der Waals surface area contributed by atoms with E-state index in [4.69, 9.17) is 11.6 Å². The van der Waals surface area contributed by atoms with Gasteiger partial charge in [-0.05, 0) is 61.6 Å². The molecule has 0 saturated carbocycles. The van der Waals surface area contributed by atoms with Gasteiger partial charge in [0.25, 0.3) is 5.91 Å². The van der Waals surface area contributed by atoms with Gasteiger partial charge in [0.05, 0.1) is 23.8 Å². The number of nitrogens with zero attached hydrogens (tertiary/aromatic N) is 6. The zero-order valence-electron chi connectivity index (χ0n) is 25.6. The number of halogens is 2. The molecule has 2 aliphatic rings. The molecule has 0 spiro atoms. The number of carbonyl (C=O) groups is 2. The zero-order valence-corrected chi connectivity index (χ0v) is 27.2. The van der Waals surface area contributed by atoms with Gasteiger partial charge in [-0.2, -0.15) is 0 Å². The molecule has 230 valence electrons. The fraction of sp³-hybridized carbons (Fsp3) is 0.500. The zero-order chi connectivity index (χ0) is 31.1. The molecule has 0 bridgehead atoms. The second-order valence-corrected chi connectivity index (χ2v) is 14.2. The molecular formula is C32H40ClFN6O2S. The van der Waals surface area contributed by atoms with Gasteiger partial charge in [-0.3, -0.25) is 14.5 Å². The molecule has 8 nitrogen and oxygen atoms in total. The first kappa shape index (κ1) is 31.5. The molecule has 5 rings (SSSR count). The lowest BCUT2D eigenvalue weighted by molar-refractivity contribution is -0.139. The van der Waals surface area contributed by atoms with E-state index >= 15 is 0 Å². The number of amides is 2. The van der Waals surface area contributed by atoms with Crippen molar-refractivity contribution in [3.63, 3.8) is 0 Å². The highest BCUT2D eigenvalue weighted by atomic mass is 35.5. The number of hydrogen-bond acceptors (Lipinski definition) is 6. The largest absolute Gasteiger partial charge is 0.338 e. The summed E-state index contributed by atoms with van der Waals surface area (Å²) in [6.07, 6.45) is 1.90. The number of carbonyl (C=O) groups excluding carboxylic acids is 2. The Morgan fingerprint density at radius 1 is 1.09 bits per heavy atom. The summed E-state index contributed by atoms with van der Waals surface area (Å²) in [4.78, 5) is 33.2. The van der Waals surface area contributed by atoms with Crippen LogP contribution in [0.1, 0.15) is 74.8 Å². The second kappa shape index (κ2) is 12.6. The van der Waals surface area contributed by atoms with Gasteiger partial charge in [0.2, 0.25) is 5.91 Å². The first-order valence-electron chi connectivity index (χ1n) is 14.7. The maximum atomic E-state index is 13.8. The summed E-state index contributed by atoms with van der Waals surface area (Å²) in [6.45, 7) is 14.3. The lowest BCUT2D eigenvalue weighted by atomic mass is 9.86. The predicted molar refractivity (Wildman–Crippen MR) is 169 cm³/mol. The van der Waals surface area contributed by atoms with Crippen LogP contribution in [0.4, 0.5) is 4.39 Å². The molecule has 0 N–H and O–H groups in total. The number of thioether (sulfide) groups is 1. The molecule has 2 aliphatic heterocycles. The minimum Gasteiger partial charge on any atom is -0.338 e. The second-order valence-electron chi connectivity index (χ2n) is 12.8. The molecule has 43 heavy (non-hydrogen) atoms. The molecule has 4 atom stereocenters. The van der Waals surface area contributed by atoms with Crippen LogP contribution in [0.15, 0.2) is 48.7 Å². The smallest absolute Gasteiger partial charge is 0.255 e. The summed E-state index contributed by atoms with van der Waals surface area (Å²) in [5.41, 5.74) is 3.37. The van der Waals surface area contributed by atoms with Crippen LogP contribution in [0, 0.1) is 5.82 Å². The van der Waals surface area contributed by atoms with Crippen molar-refractivity contribution in [3.05, 3.63) is 81.9 Å². The number of hydrogen-bond donors (Lipinski definition) is 0. The van der Waals surface area contributed by atoms with Crippen molar-refractivity contribution in [3.8, 4) is 0 Å². The molecule has 2 fully saturated rings. The molecule has 0 radical (unpaired) electrons. The van der Waals surface area contributed by atoms with Gasteiger partial charge in [-0.25, -0.2) is 9.07 Å². The van der Waals surface area contributed by atoms with E-state index < -0.39 is 6.04 Å². The highest BCUT2D eigenvalue weighted by Gasteiger charge is 2.41. The summed E-state index contributed by atoms with van der Waals surface area (Å²) in [7, 11) is 0. The lowest BCUT2D eigenvalue weighted by Crippen LogP contribution is -2.60. The SMILES string of the molecule is C[C@@H]1CN(C(=O)C2CSCN2C(=O)c2ccc(C(C)(C)C)cc2)C[C@H](C)N1Cc1cn([C@H](C)c2ccc(F)cc2Cl)nn1. The van der Waals surface area contributed by atoms with Crippen molar-refractivity contribution in [1.29, 1.82) is 0 Å². The van der Waals surface area contributed by atoms with Gasteiger partial charge in [0.15, 0.2) is 0 Å². The van der Waals surface area contributed by atoms with Crippen LogP contribution in [-0.4, -0.2) is 84.4 Å². The van der Waals surface area contributed by atoms with E-state index in [-0.39, 0.29) is 41.2 Å². The molecule has 1 unspecified atom stereocenters. The molecule has 11 heteroatoms. The fourth-order valence-corrected chi connectivity index (χ4v) is 7.40. The average molecular weight is 627 g/mol. The van der Waals surface area contributed by atoms with E-state index in [0.29, 0.717) is 41.8 Å². The maximum Gasteiger partial charge on any atom is 0.255 e. The van der Waals surface area contributed by atoms with Gasteiger partial charge in [0, 0.05) is 48.1 Å². The maximum absolute atomic E-state index is 13.8. The number of rotatable bonds is 6. The quantitative estimate of drug-likeness (QED) is 0.354. The predicted octanol–water partition coefficient (Wildman–Crippen LogP) is 5.61. The Bertz CT molecular complexity index is 1460. The molecule has 2 aromatic carbocycles. The van der Waals surface area contributed by atoms with Crippen LogP contribution in [0.5, 0.6) is 0 Å². The molecule has 3 heterocycles. The highest BCUT2D eigenvalue weighted by molar-refractivity contribution is 7.99. The van der Waals surface area contributed by atoms with Gasteiger partial charge in [0.1, 0.15) is 11.9 Å². The number of aromatic nitrogens is 3. The summed E-state index contributed by atoms with van der Waals surface area (Å²) in [5, 5.41) is 9.06. The third-order valence-corrected chi connectivity index (χ3v) is 9.89. The van der Waals surface area contributed by atoms with Crippen molar-refractivity contribution in [2.45, 2.75) is 77.7 Å². The van der Waals surface area contributed by atoms with E-state index in [1.807, 2.05) is 42.3 Å². The van der Waals surface area contributed by atoms with Gasteiger partial charge in [-0.15, -0.1) is 16.9 Å². The van der Waals surface area contributed by atoms with Gasteiger partial charge < -0.3 is 9.80 Å². The summed E-state index contributed by atoms with van der Waals surface area (Å²) in [6, 6.07) is 11.6. The van der Waals surface area contributed by atoms with E-state index in [2.05, 4.69) is 49.8 Å². The highest BCUT2D eigenvalue weighted by Crippen LogP contribution is 2.29. The third-order valence-electron chi connectivity index (χ3n) is 8.55. The Kier molecular flexibility index (Phi) is 9.20. The molecule has 3 aromatic rings. The molecule has 0 aliphatic carbocycles. The van der Waals surface area contributed by atoms with E-state index in [1.165, 1.54) is 17.7 Å². The van der Waals surface area contributed by atoms with Gasteiger partial charge >= 0.3 is 0 Å². The van der Waals surface area contributed by atoms with E-state index in [9.17, 15) is 14.0 Å². The van der Waals surface area contributed by atoms with Crippen LogP contribution >= 0.6 is 23.4 Å². The summed E-state index contributed by atoms with van der Waals surface area (Å²) >= 11 is 7.90. The molecule has 1 aromatic heterocycles. The van der Waals surface area contributed by atoms with Gasteiger partial charge in [-0.1, -0.05) is 55.8 Å². The van der Waals surface area contributed by atoms with Crippen molar-refractivity contribution < 1.29 is 14.0 Å². The van der Waals surface area contributed by atoms with E-state index in [1.54, 1.807) is 27.4 Å². The number of piperazine rings is 1. The average Bonchev–Trinajstić information content (AvgIpc) is 3.64. The summed E-state index contributed by atoms with van der Waals surface area (Å²) in [5.74, 6) is 0.658. The first-order chi connectivity index (χ1) is 20.3. The fourth-order valence-electron chi connectivity index (χ4n) is 5.93. The normalized spacial score (nSPS) is 22.2. The first-order valence-corrected chi connectivity index (χ1v) is 16.3. The standard InChI is InChI=1S/C32H40ClFN6O2S/c1-20-14-37(31(42)29-18-43-19-39(29)30(41)23-7-9-24(10-8-23)32(4,5)6)15-21(2)38(20)16-26-17-40(36-35-26)22(3)27-12-11-25(34)13-28(27)33/h7-13,17,20-22,29H,14-16,18-19H2,1-6H3/t20-,21+,22-,29?/m1/s1. The molecule has 2 saturated heterocycles. The van der Waals surface area contributed by atoms with Crippen LogP contribution in [-0.2, 0) is 16.8 Å². The minimum absolute atomic E-state index is 0.00632. The van der Waals surface area contributed by atoms with Crippen molar-refractivity contribution in [1.82, 2.24) is 29.7 Å². The third kappa shape index (κ3) is 6.76. The van der Waals surface area contributed by atoms with Crippen LogP contribution < -0.4 is 0 Å². The Morgan fingerprint density at radius 3 is 2.40 bits per heavy atom. The van der Waals surface area contributed by atoms with Crippen LogP contribution in [0.25, 0.3) is 0 Å². The Labute approximate surface area is 262 Å². The monoisotopic (exact) mass is 626 g/mol. The molecular weight excluding hydrogens is 587 g/mol. The van der Waals surface area contributed by atoms with E-state index in [0.717, 1.165) is 11.3 Å². The lowest BCUT2D eigenvalue weighted by Gasteiger charge is -2.45. The molecule has 2 amide bonds. The van der Waals surface area contributed by atoms with Crippen LogP contribution in [0.2, 0.25) is 5.02 Å². The Balaban J connectivity index is 1.22.